The summed E-state index contributed by atoms with van der Waals surface area (Å²) in [6, 6.07) is 19.0. The average Bonchev–Trinajstić information content (AvgIpc) is 2.75. The maximum absolute atomic E-state index is 12.2. The first-order valence-corrected chi connectivity index (χ1v) is 7.33. The van der Waals surface area contributed by atoms with Crippen molar-refractivity contribution in [1.82, 2.24) is 9.80 Å². The predicted molar refractivity (Wildman–Crippen MR) is 86.6 cm³/mol. The third-order valence-corrected chi connectivity index (χ3v) is 3.94. The van der Waals surface area contributed by atoms with Crippen LogP contribution in [-0.4, -0.2) is 26.7 Å². The lowest BCUT2D eigenvalue weighted by molar-refractivity contribution is -0.143. The fourth-order valence-electron chi connectivity index (χ4n) is 2.36. The summed E-state index contributed by atoms with van der Waals surface area (Å²) in [7, 11) is 0. The van der Waals surface area contributed by atoms with Crippen molar-refractivity contribution in [2.75, 3.05) is 0 Å². The van der Waals surface area contributed by atoms with E-state index in [9.17, 15) is 9.59 Å². The van der Waals surface area contributed by atoms with Crippen molar-refractivity contribution >= 4 is 29.1 Å². The second-order valence-corrected chi connectivity index (χ2v) is 5.40. The molecule has 1 fully saturated rings. The molecule has 0 aliphatic carbocycles. The minimum absolute atomic E-state index is 0.266. The van der Waals surface area contributed by atoms with Crippen molar-refractivity contribution < 1.29 is 9.59 Å². The van der Waals surface area contributed by atoms with E-state index in [4.69, 9.17) is 12.2 Å². The lowest BCUT2D eigenvalue weighted by atomic mass is 10.2. The Morgan fingerprint density at radius 3 is 1.41 bits per heavy atom. The number of nitrogens with zero attached hydrogens (tertiary/aromatic N) is 2. The Labute approximate surface area is 134 Å². The highest BCUT2D eigenvalue weighted by Gasteiger charge is 2.41. The van der Waals surface area contributed by atoms with Crippen LogP contribution in [0, 0.1) is 0 Å². The van der Waals surface area contributed by atoms with Crippen LogP contribution in [0.5, 0.6) is 0 Å². The van der Waals surface area contributed by atoms with Gasteiger partial charge in [0.2, 0.25) is 0 Å². The molecule has 0 atom stereocenters. The predicted octanol–water partition coefficient (Wildman–Crippen LogP) is 2.34. The number of hydrogen-bond donors (Lipinski definition) is 0. The largest absolute Gasteiger partial charge is 0.319 e. The summed E-state index contributed by atoms with van der Waals surface area (Å²) in [6.07, 6.45) is 0. The quantitative estimate of drug-likeness (QED) is 0.643. The molecule has 0 aromatic heterocycles. The molecule has 3 rings (SSSR count). The van der Waals surface area contributed by atoms with Crippen molar-refractivity contribution in [2.45, 2.75) is 13.1 Å². The normalized spacial score (nSPS) is 14.8. The highest BCUT2D eigenvalue weighted by atomic mass is 32.1. The molecule has 110 valence electrons. The molecule has 2 amide bonds. The Morgan fingerprint density at radius 1 is 0.682 bits per heavy atom. The van der Waals surface area contributed by atoms with Gasteiger partial charge in [-0.2, -0.15) is 0 Å². The topological polar surface area (TPSA) is 40.6 Å². The van der Waals surface area contributed by atoms with Crippen LogP contribution in [0.4, 0.5) is 0 Å². The number of amides is 2. The van der Waals surface area contributed by atoms with Crippen molar-refractivity contribution in [2.24, 2.45) is 0 Å². The number of hydrogen-bond acceptors (Lipinski definition) is 3. The van der Waals surface area contributed by atoms with E-state index in [-0.39, 0.29) is 5.11 Å². The zero-order valence-corrected chi connectivity index (χ0v) is 12.6. The van der Waals surface area contributed by atoms with Crippen LogP contribution in [0.1, 0.15) is 11.1 Å². The van der Waals surface area contributed by atoms with Crippen LogP contribution >= 0.6 is 12.2 Å². The molecule has 0 N–H and O–H groups in total. The maximum atomic E-state index is 12.2. The highest BCUT2D eigenvalue weighted by Crippen LogP contribution is 2.18. The fourth-order valence-corrected chi connectivity index (χ4v) is 2.66. The van der Waals surface area contributed by atoms with Crippen LogP contribution in [0.2, 0.25) is 0 Å². The Bertz CT molecular complexity index is 654. The van der Waals surface area contributed by atoms with Gasteiger partial charge in [-0.1, -0.05) is 60.7 Å². The first-order chi connectivity index (χ1) is 10.7. The highest BCUT2D eigenvalue weighted by molar-refractivity contribution is 7.80. The molecule has 2 aromatic carbocycles. The van der Waals surface area contributed by atoms with E-state index in [1.807, 2.05) is 60.7 Å². The lowest BCUT2D eigenvalue weighted by Gasteiger charge is -2.18. The van der Waals surface area contributed by atoms with E-state index < -0.39 is 11.8 Å². The van der Waals surface area contributed by atoms with Gasteiger partial charge in [0.15, 0.2) is 5.11 Å². The summed E-state index contributed by atoms with van der Waals surface area (Å²) < 4.78 is 0. The summed E-state index contributed by atoms with van der Waals surface area (Å²) in [5, 5.41) is 0.266. The molecule has 1 aliphatic heterocycles. The molecule has 0 saturated carbocycles. The smallest absolute Gasteiger partial charge is 0.276 e. The molecule has 1 aliphatic rings. The fraction of sp³-hybridized carbons (Fsp3) is 0.118. The van der Waals surface area contributed by atoms with Crippen LogP contribution in [0.15, 0.2) is 60.7 Å². The first-order valence-electron chi connectivity index (χ1n) is 6.92. The van der Waals surface area contributed by atoms with Crippen molar-refractivity contribution in [3.63, 3.8) is 0 Å². The van der Waals surface area contributed by atoms with E-state index >= 15 is 0 Å². The van der Waals surface area contributed by atoms with Gasteiger partial charge in [0.05, 0.1) is 13.1 Å². The zero-order chi connectivity index (χ0) is 15.5. The maximum Gasteiger partial charge on any atom is 0.319 e. The van der Waals surface area contributed by atoms with Gasteiger partial charge in [0.25, 0.3) is 0 Å². The molecule has 5 heteroatoms. The average molecular weight is 310 g/mol. The monoisotopic (exact) mass is 310 g/mol. The molecule has 1 heterocycles. The first kappa shape index (κ1) is 14.4. The lowest BCUT2D eigenvalue weighted by Crippen LogP contribution is -2.32. The van der Waals surface area contributed by atoms with E-state index in [0.29, 0.717) is 13.1 Å². The van der Waals surface area contributed by atoms with E-state index in [2.05, 4.69) is 0 Å². The van der Waals surface area contributed by atoms with E-state index in [0.717, 1.165) is 11.1 Å². The number of benzene rings is 2. The number of rotatable bonds is 4. The Kier molecular flexibility index (Phi) is 3.98. The molecule has 1 saturated heterocycles. The van der Waals surface area contributed by atoms with Gasteiger partial charge in [-0.05, 0) is 23.3 Å². The second-order valence-electron chi connectivity index (χ2n) is 5.04. The van der Waals surface area contributed by atoms with Gasteiger partial charge in [-0.25, -0.2) is 0 Å². The van der Waals surface area contributed by atoms with Crippen molar-refractivity contribution in [1.29, 1.82) is 0 Å². The van der Waals surface area contributed by atoms with Gasteiger partial charge in [-0.3, -0.25) is 19.4 Å². The third-order valence-electron chi connectivity index (χ3n) is 3.50. The van der Waals surface area contributed by atoms with Crippen LogP contribution < -0.4 is 0 Å². The van der Waals surface area contributed by atoms with Gasteiger partial charge in [0, 0.05) is 0 Å². The molecule has 22 heavy (non-hydrogen) atoms. The summed E-state index contributed by atoms with van der Waals surface area (Å²) in [6.45, 7) is 0.630. The number of carbonyl (C=O) groups is 2. The minimum Gasteiger partial charge on any atom is -0.276 e. The van der Waals surface area contributed by atoms with Gasteiger partial charge < -0.3 is 0 Å². The molecule has 0 unspecified atom stereocenters. The zero-order valence-electron chi connectivity index (χ0n) is 11.8. The summed E-state index contributed by atoms with van der Waals surface area (Å²) in [4.78, 5) is 27.1. The van der Waals surface area contributed by atoms with Crippen molar-refractivity contribution in [3.05, 3.63) is 71.8 Å². The van der Waals surface area contributed by atoms with Crippen LogP contribution in [0.25, 0.3) is 0 Å². The van der Waals surface area contributed by atoms with Gasteiger partial charge >= 0.3 is 11.8 Å². The van der Waals surface area contributed by atoms with Crippen LogP contribution in [-0.2, 0) is 22.7 Å². The molecular weight excluding hydrogens is 296 g/mol. The summed E-state index contributed by atoms with van der Waals surface area (Å²) in [5.41, 5.74) is 1.88. The van der Waals surface area contributed by atoms with Crippen molar-refractivity contribution in [3.8, 4) is 0 Å². The number of thiocarbonyl (C=S) groups is 1. The molecule has 0 radical (unpaired) electrons. The standard InChI is InChI=1S/C17H14N2O2S/c20-15-16(21)19(12-14-9-5-2-6-10-14)17(22)18(15)11-13-7-3-1-4-8-13/h1-10H,11-12H2. The minimum atomic E-state index is -0.565. The molecule has 0 bridgehead atoms. The Morgan fingerprint density at radius 2 is 1.05 bits per heavy atom. The molecule has 0 spiro atoms. The van der Waals surface area contributed by atoms with Gasteiger partial charge in [0.1, 0.15) is 0 Å². The third kappa shape index (κ3) is 2.76. The Balaban J connectivity index is 1.79. The van der Waals surface area contributed by atoms with Gasteiger partial charge in [-0.15, -0.1) is 0 Å². The van der Waals surface area contributed by atoms with E-state index in [1.165, 1.54) is 9.80 Å². The van der Waals surface area contributed by atoms with Crippen LogP contribution in [0.3, 0.4) is 0 Å². The molecular formula is C17H14N2O2S. The SMILES string of the molecule is O=C1C(=O)N(Cc2ccccc2)C(=S)N1Cc1ccccc1. The molecule has 2 aromatic rings. The Hall–Kier alpha value is -2.53. The summed E-state index contributed by atoms with van der Waals surface area (Å²) in [5.74, 6) is -1.13. The molecule has 4 nitrogen and oxygen atoms in total. The second kappa shape index (κ2) is 6.07. The number of carbonyl (C=O) groups excluding carboxylic acids is 2. The summed E-state index contributed by atoms with van der Waals surface area (Å²) >= 11 is 5.32. The van der Waals surface area contributed by atoms with E-state index in [1.54, 1.807) is 0 Å².